The quantitative estimate of drug-likeness (QED) is 0.518. The predicted octanol–water partition coefficient (Wildman–Crippen LogP) is -4.03. The molecule has 0 aliphatic carbocycles. The molecule has 3 nitrogen and oxygen atoms in total. The SMILES string of the molecule is [Cl-].[Cl-].[OH][Ti+2]1([OH])[CH2]CC(c2ccoc2)C[CH2]1. The van der Waals surface area contributed by atoms with Crippen molar-refractivity contribution in [3.8, 4) is 0 Å². The van der Waals surface area contributed by atoms with Crippen molar-refractivity contribution in [1.82, 2.24) is 0 Å². The molecule has 2 N–H and O–H groups in total. The molecule has 1 aliphatic heterocycles. The molecule has 0 radical (unpaired) electrons. The molecular weight excluding hydrogens is 275 g/mol. The van der Waals surface area contributed by atoms with Crippen LogP contribution in [0.15, 0.2) is 23.0 Å². The van der Waals surface area contributed by atoms with Crippen molar-refractivity contribution in [3.05, 3.63) is 24.2 Å². The zero-order valence-corrected chi connectivity index (χ0v) is 11.3. The van der Waals surface area contributed by atoms with E-state index in [1.165, 1.54) is 5.56 Å². The van der Waals surface area contributed by atoms with E-state index in [4.69, 9.17) is 4.42 Å². The third-order valence-corrected chi connectivity index (χ3v) is 6.20. The molecule has 2 rings (SSSR count). The fourth-order valence-electron chi connectivity index (χ4n) is 1.92. The Hall–Kier alpha value is 0.494. The maximum absolute atomic E-state index is 9.51. The van der Waals surface area contributed by atoms with Gasteiger partial charge in [0.2, 0.25) is 0 Å². The van der Waals surface area contributed by atoms with Gasteiger partial charge in [-0.3, -0.25) is 0 Å². The summed E-state index contributed by atoms with van der Waals surface area (Å²) in [6.07, 6.45) is 5.26. The van der Waals surface area contributed by atoms with Gasteiger partial charge in [-0.2, -0.15) is 0 Å². The molecule has 15 heavy (non-hydrogen) atoms. The normalized spacial score (nSPS) is 18.0. The Labute approximate surface area is 106 Å². The topological polar surface area (TPSA) is 53.6 Å². The fraction of sp³-hybridized carbons (Fsp3) is 0.556. The second-order valence-corrected chi connectivity index (χ2v) is 8.44. The number of hydrogen-bond donors (Lipinski definition) is 2. The first-order valence-corrected chi connectivity index (χ1v) is 8.25. The molecule has 1 saturated heterocycles. The molecule has 1 aliphatic rings. The molecule has 0 saturated carbocycles. The number of halogens is 2. The van der Waals surface area contributed by atoms with Gasteiger partial charge >= 0.3 is 81.5 Å². The molecule has 1 aromatic heterocycles. The Morgan fingerprint density at radius 1 is 1.20 bits per heavy atom. The summed E-state index contributed by atoms with van der Waals surface area (Å²) in [6, 6.07) is 1.97. The molecule has 0 amide bonds. The van der Waals surface area contributed by atoms with Crippen LogP contribution in [0.3, 0.4) is 0 Å². The third kappa shape index (κ3) is 4.10. The van der Waals surface area contributed by atoms with Crippen LogP contribution in [-0.4, -0.2) is 7.38 Å². The summed E-state index contributed by atoms with van der Waals surface area (Å²) in [5.41, 5.74) is 1.21. The van der Waals surface area contributed by atoms with Crippen LogP contribution < -0.4 is 24.8 Å². The van der Waals surface area contributed by atoms with Gasteiger partial charge in [-0.15, -0.1) is 0 Å². The summed E-state index contributed by atoms with van der Waals surface area (Å²) in [5, 5.41) is 0. The first kappa shape index (κ1) is 15.5. The first-order valence-electron chi connectivity index (χ1n) is 4.64. The molecule has 0 spiro atoms. The van der Waals surface area contributed by atoms with E-state index < -0.39 is 17.4 Å². The third-order valence-electron chi connectivity index (χ3n) is 2.80. The fourth-order valence-corrected chi connectivity index (χ4v) is 4.84. The average molecular weight is 289 g/mol. The summed E-state index contributed by atoms with van der Waals surface area (Å²) >= 11 is -3.25. The van der Waals surface area contributed by atoms with Crippen LogP contribution in [0.2, 0.25) is 9.45 Å². The summed E-state index contributed by atoms with van der Waals surface area (Å²) in [7, 11) is 0. The van der Waals surface area contributed by atoms with Crippen molar-refractivity contribution in [1.29, 1.82) is 0 Å². The second kappa shape index (κ2) is 6.28. The van der Waals surface area contributed by atoms with Crippen LogP contribution in [0.1, 0.15) is 24.3 Å². The van der Waals surface area contributed by atoms with Gasteiger partial charge in [0, 0.05) is 0 Å². The summed E-state index contributed by atoms with van der Waals surface area (Å²) < 4.78 is 25.3. The monoisotopic (exact) mass is 288 g/mol. The van der Waals surface area contributed by atoms with E-state index in [9.17, 15) is 7.38 Å². The number of rotatable bonds is 1. The van der Waals surface area contributed by atoms with Crippen LogP contribution in [0.5, 0.6) is 0 Å². The Morgan fingerprint density at radius 3 is 2.27 bits per heavy atom. The van der Waals surface area contributed by atoms with E-state index in [2.05, 4.69) is 0 Å². The van der Waals surface area contributed by atoms with Gasteiger partial charge in [0.15, 0.2) is 0 Å². The molecule has 1 aromatic rings. The van der Waals surface area contributed by atoms with Gasteiger partial charge in [0.05, 0.1) is 0 Å². The van der Waals surface area contributed by atoms with Crippen molar-refractivity contribution < 1.29 is 54.0 Å². The summed E-state index contributed by atoms with van der Waals surface area (Å²) in [5.74, 6) is 0.483. The van der Waals surface area contributed by atoms with Gasteiger partial charge < -0.3 is 24.8 Å². The van der Waals surface area contributed by atoms with Gasteiger partial charge in [-0.25, -0.2) is 0 Å². The van der Waals surface area contributed by atoms with Crippen LogP contribution in [-0.2, 0) is 17.4 Å². The van der Waals surface area contributed by atoms with Gasteiger partial charge in [0.1, 0.15) is 0 Å². The van der Waals surface area contributed by atoms with Crippen LogP contribution in [0, 0.1) is 0 Å². The van der Waals surface area contributed by atoms with Crippen LogP contribution >= 0.6 is 0 Å². The molecule has 0 unspecified atom stereocenters. The van der Waals surface area contributed by atoms with Crippen LogP contribution in [0.25, 0.3) is 0 Å². The molecule has 0 bridgehead atoms. The van der Waals surface area contributed by atoms with Crippen molar-refractivity contribution >= 4 is 0 Å². The van der Waals surface area contributed by atoms with Crippen molar-refractivity contribution in [2.75, 3.05) is 0 Å². The molecule has 2 heterocycles. The van der Waals surface area contributed by atoms with Crippen molar-refractivity contribution in [2.24, 2.45) is 0 Å². The average Bonchev–Trinajstić information content (AvgIpc) is 2.56. The zero-order chi connectivity index (χ0) is 9.31. The molecule has 1 fully saturated rings. The van der Waals surface area contributed by atoms with E-state index in [-0.39, 0.29) is 24.8 Å². The summed E-state index contributed by atoms with van der Waals surface area (Å²) in [4.78, 5) is 0. The number of hydrogen-bond acceptors (Lipinski definition) is 3. The standard InChI is InChI=1S/C9H12O.2ClH.2H2O.Ti/c1-3-8(4-2)9-5-6-10-7-9;;;;;/h5-8H,1-4H2;2*1H;2*1H2;/q;;;;;+4/p-4. The van der Waals surface area contributed by atoms with Crippen LogP contribution in [0.4, 0.5) is 0 Å². The Morgan fingerprint density at radius 2 is 1.80 bits per heavy atom. The van der Waals surface area contributed by atoms with Gasteiger partial charge in [0.25, 0.3) is 0 Å². The molecule has 0 aromatic carbocycles. The minimum absolute atomic E-state index is 0. The van der Waals surface area contributed by atoms with E-state index >= 15 is 0 Å². The molecule has 86 valence electrons. The van der Waals surface area contributed by atoms with E-state index in [0.717, 1.165) is 12.8 Å². The van der Waals surface area contributed by atoms with Gasteiger partial charge in [-0.1, -0.05) is 0 Å². The zero-order valence-electron chi connectivity index (χ0n) is 8.20. The predicted molar refractivity (Wildman–Crippen MR) is 44.7 cm³/mol. The maximum atomic E-state index is 9.51. The molecule has 6 heteroatoms. The van der Waals surface area contributed by atoms with E-state index in [0.29, 0.717) is 15.4 Å². The number of furan rings is 1. The van der Waals surface area contributed by atoms with E-state index in [1.54, 1.807) is 12.5 Å². The second-order valence-electron chi connectivity index (χ2n) is 3.81. The Balaban J connectivity index is 0.000000980. The minimum atomic E-state index is -3.25. The van der Waals surface area contributed by atoms with Gasteiger partial charge in [-0.05, 0) is 0 Å². The Bertz CT molecular complexity index is 267. The first-order chi connectivity index (χ1) is 6.17. The van der Waals surface area contributed by atoms with Crippen molar-refractivity contribution in [2.45, 2.75) is 28.2 Å². The molecule has 0 atom stereocenters. The Kier molecular flexibility index (Phi) is 6.49. The van der Waals surface area contributed by atoms with E-state index in [1.807, 2.05) is 6.07 Å². The molecular formula is C9H14Cl2O3Ti. The summed E-state index contributed by atoms with van der Waals surface area (Å²) in [6.45, 7) is 0. The van der Waals surface area contributed by atoms with Crippen molar-refractivity contribution in [3.63, 3.8) is 0 Å².